The average Bonchev–Trinajstić information content (AvgIpc) is 2.04. The van der Waals surface area contributed by atoms with E-state index in [1.165, 1.54) is 10.6 Å². The van der Waals surface area contributed by atoms with Crippen LogP contribution < -0.4 is 5.56 Å². The van der Waals surface area contributed by atoms with E-state index in [9.17, 15) is 9.59 Å². The Kier molecular flexibility index (Phi) is 2.09. The zero-order valence-electron chi connectivity index (χ0n) is 7.34. The maximum absolute atomic E-state index is 11.6. The van der Waals surface area contributed by atoms with Gasteiger partial charge in [-0.2, -0.15) is 0 Å². The fraction of sp³-hybridized carbons (Fsp3) is 0.333. The second-order valence-electron chi connectivity index (χ2n) is 3.13. The third-order valence-corrected chi connectivity index (χ3v) is 2.22. The first-order valence-electron chi connectivity index (χ1n) is 4.22. The van der Waals surface area contributed by atoms with E-state index < -0.39 is 11.5 Å². The Morgan fingerprint density at radius 2 is 2.29 bits per heavy atom. The van der Waals surface area contributed by atoms with Gasteiger partial charge in [-0.15, -0.1) is 0 Å². The van der Waals surface area contributed by atoms with Gasteiger partial charge >= 0.3 is 5.97 Å². The van der Waals surface area contributed by atoms with Gasteiger partial charge in [-0.1, -0.05) is 0 Å². The summed E-state index contributed by atoms with van der Waals surface area (Å²) >= 11 is 0. The van der Waals surface area contributed by atoms with Crippen LogP contribution in [0.5, 0.6) is 0 Å². The monoisotopic (exact) mass is 195 g/mol. The second-order valence-corrected chi connectivity index (χ2v) is 3.13. The van der Waals surface area contributed by atoms with Gasteiger partial charge in [-0.05, 0) is 12.1 Å². The summed E-state index contributed by atoms with van der Waals surface area (Å²) in [4.78, 5) is 22.2. The molecule has 2 heterocycles. The molecule has 0 unspecified atom stereocenters. The summed E-state index contributed by atoms with van der Waals surface area (Å²) in [5.74, 6) is -1.19. The molecule has 5 nitrogen and oxygen atoms in total. The summed E-state index contributed by atoms with van der Waals surface area (Å²) in [7, 11) is 0. The lowest BCUT2D eigenvalue weighted by atomic mass is 10.2. The molecule has 0 aromatic carbocycles. The number of aromatic carboxylic acids is 1. The van der Waals surface area contributed by atoms with Gasteiger partial charge in [0, 0.05) is 6.20 Å². The Morgan fingerprint density at radius 1 is 1.57 bits per heavy atom. The van der Waals surface area contributed by atoms with Crippen LogP contribution in [-0.2, 0) is 4.74 Å². The molecule has 1 saturated heterocycles. The Labute approximate surface area is 79.5 Å². The molecule has 1 aromatic rings. The number of hydrogen-bond donors (Lipinski definition) is 1. The van der Waals surface area contributed by atoms with Crippen molar-refractivity contribution in [3.63, 3.8) is 0 Å². The van der Waals surface area contributed by atoms with E-state index in [0.29, 0.717) is 13.2 Å². The fourth-order valence-corrected chi connectivity index (χ4v) is 1.34. The van der Waals surface area contributed by atoms with Gasteiger partial charge in [0.2, 0.25) is 0 Å². The Morgan fingerprint density at radius 3 is 2.79 bits per heavy atom. The first-order valence-corrected chi connectivity index (χ1v) is 4.22. The van der Waals surface area contributed by atoms with Gasteiger partial charge in [0.1, 0.15) is 5.56 Å². The molecule has 1 N–H and O–H groups in total. The molecule has 0 aliphatic carbocycles. The van der Waals surface area contributed by atoms with E-state index in [4.69, 9.17) is 9.84 Å². The molecule has 2 rings (SSSR count). The molecule has 1 aliphatic heterocycles. The highest BCUT2D eigenvalue weighted by atomic mass is 16.5. The lowest BCUT2D eigenvalue weighted by Gasteiger charge is -2.27. The van der Waals surface area contributed by atoms with Crippen molar-refractivity contribution in [3.05, 3.63) is 34.2 Å². The van der Waals surface area contributed by atoms with Crippen molar-refractivity contribution in [1.82, 2.24) is 4.57 Å². The average molecular weight is 195 g/mol. The van der Waals surface area contributed by atoms with E-state index in [2.05, 4.69) is 0 Å². The first-order chi connectivity index (χ1) is 6.70. The number of ether oxygens (including phenoxy) is 1. The van der Waals surface area contributed by atoms with Crippen molar-refractivity contribution in [2.75, 3.05) is 13.2 Å². The minimum atomic E-state index is -1.19. The summed E-state index contributed by atoms with van der Waals surface area (Å²) in [6.45, 7) is 0.950. The number of rotatable bonds is 2. The third-order valence-electron chi connectivity index (χ3n) is 2.22. The normalized spacial score (nSPS) is 16.3. The van der Waals surface area contributed by atoms with Crippen LogP contribution in [0.25, 0.3) is 0 Å². The smallest absolute Gasteiger partial charge is 0.341 e. The summed E-state index contributed by atoms with van der Waals surface area (Å²) in [5.41, 5.74) is -0.660. The highest BCUT2D eigenvalue weighted by Gasteiger charge is 2.22. The molecule has 1 aliphatic rings. The van der Waals surface area contributed by atoms with Gasteiger partial charge in [-0.25, -0.2) is 4.79 Å². The minimum Gasteiger partial charge on any atom is -0.477 e. The van der Waals surface area contributed by atoms with Gasteiger partial charge in [0.05, 0.1) is 19.3 Å². The lowest BCUT2D eigenvalue weighted by molar-refractivity contribution is -0.0249. The predicted molar refractivity (Wildman–Crippen MR) is 47.5 cm³/mol. The molecule has 5 heteroatoms. The van der Waals surface area contributed by atoms with Crippen molar-refractivity contribution < 1.29 is 14.6 Å². The molecule has 1 aromatic heterocycles. The van der Waals surface area contributed by atoms with Crippen molar-refractivity contribution in [1.29, 1.82) is 0 Å². The van der Waals surface area contributed by atoms with Gasteiger partial charge in [0.25, 0.3) is 5.56 Å². The maximum Gasteiger partial charge on any atom is 0.341 e. The predicted octanol–water partition coefficient (Wildman–Crippen LogP) is 0.118. The standard InChI is InChI=1S/C9H9NO4/c11-8-7(9(12)13)2-1-3-10(8)6-4-14-5-6/h1-3,6H,4-5H2,(H,12,13). The summed E-state index contributed by atoms with van der Waals surface area (Å²) in [5, 5.41) is 8.72. The summed E-state index contributed by atoms with van der Waals surface area (Å²) in [6.07, 6.45) is 1.59. The molecule has 0 bridgehead atoms. The van der Waals surface area contributed by atoms with E-state index in [1.54, 1.807) is 12.3 Å². The summed E-state index contributed by atoms with van der Waals surface area (Å²) in [6, 6.07) is 2.85. The zero-order chi connectivity index (χ0) is 10.1. The van der Waals surface area contributed by atoms with Crippen LogP contribution in [0.2, 0.25) is 0 Å². The number of carboxylic acids is 1. The topological polar surface area (TPSA) is 68.5 Å². The number of carbonyl (C=O) groups is 1. The summed E-state index contributed by atoms with van der Waals surface area (Å²) < 4.78 is 6.35. The zero-order valence-corrected chi connectivity index (χ0v) is 7.34. The highest BCUT2D eigenvalue weighted by molar-refractivity contribution is 5.86. The van der Waals surface area contributed by atoms with Gasteiger partial charge in [-0.3, -0.25) is 4.79 Å². The molecule has 0 atom stereocenters. The largest absolute Gasteiger partial charge is 0.477 e. The molecule has 0 radical (unpaired) electrons. The SMILES string of the molecule is O=C(O)c1cccn(C2COC2)c1=O. The number of aromatic nitrogens is 1. The van der Waals surface area contributed by atoms with Crippen LogP contribution in [-0.4, -0.2) is 28.9 Å². The number of hydrogen-bond acceptors (Lipinski definition) is 3. The van der Waals surface area contributed by atoms with Crippen LogP contribution in [0.15, 0.2) is 23.1 Å². The van der Waals surface area contributed by atoms with Crippen LogP contribution in [0.3, 0.4) is 0 Å². The van der Waals surface area contributed by atoms with Crippen LogP contribution >= 0.6 is 0 Å². The van der Waals surface area contributed by atoms with Crippen molar-refractivity contribution in [2.24, 2.45) is 0 Å². The highest BCUT2D eigenvalue weighted by Crippen LogP contribution is 2.14. The third kappa shape index (κ3) is 1.31. The van der Waals surface area contributed by atoms with E-state index in [1.807, 2.05) is 0 Å². The van der Waals surface area contributed by atoms with Gasteiger partial charge < -0.3 is 14.4 Å². The van der Waals surface area contributed by atoms with Crippen molar-refractivity contribution >= 4 is 5.97 Å². The molecule has 14 heavy (non-hydrogen) atoms. The first kappa shape index (κ1) is 8.96. The van der Waals surface area contributed by atoms with Crippen LogP contribution in [0.1, 0.15) is 16.4 Å². The molecule has 0 saturated carbocycles. The number of carboxylic acid groups (broad SMARTS) is 1. The fourth-order valence-electron chi connectivity index (χ4n) is 1.34. The van der Waals surface area contributed by atoms with Crippen molar-refractivity contribution in [2.45, 2.75) is 6.04 Å². The quantitative estimate of drug-likeness (QED) is 0.727. The molecular weight excluding hydrogens is 186 g/mol. The van der Waals surface area contributed by atoms with E-state index >= 15 is 0 Å². The van der Waals surface area contributed by atoms with E-state index in [-0.39, 0.29) is 11.6 Å². The molecule has 0 amide bonds. The molecule has 0 spiro atoms. The number of pyridine rings is 1. The van der Waals surface area contributed by atoms with Gasteiger partial charge in [0.15, 0.2) is 0 Å². The lowest BCUT2D eigenvalue weighted by Crippen LogP contribution is -2.38. The van der Waals surface area contributed by atoms with Crippen molar-refractivity contribution in [3.8, 4) is 0 Å². The Hall–Kier alpha value is -1.62. The minimum absolute atomic E-state index is 0.0122. The number of nitrogens with zero attached hydrogens (tertiary/aromatic N) is 1. The van der Waals surface area contributed by atoms with E-state index in [0.717, 1.165) is 0 Å². The Balaban J connectivity index is 2.46. The second kappa shape index (κ2) is 3.26. The Bertz CT molecular complexity index is 419. The van der Waals surface area contributed by atoms with Crippen LogP contribution in [0, 0.1) is 0 Å². The molecular formula is C9H9NO4. The molecule has 1 fully saturated rings. The molecule has 74 valence electrons. The van der Waals surface area contributed by atoms with Crippen LogP contribution in [0.4, 0.5) is 0 Å². The maximum atomic E-state index is 11.6.